The lowest BCUT2D eigenvalue weighted by atomic mass is 10.2. The summed E-state index contributed by atoms with van der Waals surface area (Å²) in [5, 5.41) is 5.64. The third kappa shape index (κ3) is 7.54. The summed E-state index contributed by atoms with van der Waals surface area (Å²) in [5.74, 6) is -0.526. The molecular weight excluding hydrogens is 182 g/mol. The molecule has 0 aromatic heterocycles. The summed E-state index contributed by atoms with van der Waals surface area (Å²) in [5.41, 5.74) is 4.99. The van der Waals surface area contributed by atoms with Crippen molar-refractivity contribution in [3.05, 3.63) is 0 Å². The lowest BCUT2D eigenvalue weighted by Gasteiger charge is -2.13. The Bertz CT molecular complexity index is 204. The molecule has 0 rings (SSSR count). The minimum Gasteiger partial charge on any atom is -0.370 e. The molecule has 5 heteroatoms. The molecule has 2 amide bonds. The second-order valence-electron chi connectivity index (χ2n) is 3.67. The number of carbonyl (C=O) groups excluding carboxylic acids is 2. The van der Waals surface area contributed by atoms with E-state index in [0.29, 0.717) is 0 Å². The Balaban J connectivity index is 3.66. The molecule has 0 saturated carbocycles. The Labute approximate surface area is 84.4 Å². The van der Waals surface area contributed by atoms with Crippen LogP contribution in [0.15, 0.2) is 0 Å². The maximum atomic E-state index is 11.2. The molecule has 0 aliphatic rings. The molecule has 4 N–H and O–H groups in total. The van der Waals surface area contributed by atoms with E-state index in [1.54, 1.807) is 6.92 Å². The normalized spacial score (nSPS) is 12.6. The van der Waals surface area contributed by atoms with Crippen LogP contribution >= 0.6 is 0 Å². The number of nitrogens with one attached hydrogen (secondary N) is 2. The quantitative estimate of drug-likeness (QED) is 0.534. The first-order valence-electron chi connectivity index (χ1n) is 4.73. The van der Waals surface area contributed by atoms with Crippen molar-refractivity contribution in [3.63, 3.8) is 0 Å². The van der Waals surface area contributed by atoms with Crippen LogP contribution in [0.2, 0.25) is 0 Å². The van der Waals surface area contributed by atoms with Crippen molar-refractivity contribution in [3.8, 4) is 0 Å². The van der Waals surface area contributed by atoms with Gasteiger partial charge >= 0.3 is 0 Å². The summed E-state index contributed by atoms with van der Waals surface area (Å²) in [7, 11) is 0. The molecule has 0 radical (unpaired) electrons. The molecule has 0 aliphatic carbocycles. The fraction of sp³-hybridized carbons (Fsp3) is 0.778. The van der Waals surface area contributed by atoms with Gasteiger partial charge in [-0.15, -0.1) is 0 Å². The third-order valence-electron chi connectivity index (χ3n) is 1.59. The largest absolute Gasteiger partial charge is 0.370 e. The van der Waals surface area contributed by atoms with Gasteiger partial charge in [-0.2, -0.15) is 0 Å². The molecule has 0 fully saturated rings. The van der Waals surface area contributed by atoms with Gasteiger partial charge in [-0.1, -0.05) is 13.8 Å². The van der Waals surface area contributed by atoms with E-state index in [2.05, 4.69) is 10.6 Å². The topological polar surface area (TPSA) is 84.2 Å². The van der Waals surface area contributed by atoms with Crippen molar-refractivity contribution in [1.29, 1.82) is 0 Å². The van der Waals surface area contributed by atoms with Crippen LogP contribution in [-0.2, 0) is 9.59 Å². The molecule has 0 saturated heterocycles. The van der Waals surface area contributed by atoms with Crippen LogP contribution in [0.3, 0.4) is 0 Å². The van der Waals surface area contributed by atoms with Crippen molar-refractivity contribution in [2.24, 2.45) is 5.73 Å². The summed E-state index contributed by atoms with van der Waals surface area (Å²) in [4.78, 5) is 21.7. The maximum Gasteiger partial charge on any atom is 0.234 e. The van der Waals surface area contributed by atoms with Gasteiger partial charge in [0, 0.05) is 18.5 Å². The van der Waals surface area contributed by atoms with E-state index >= 15 is 0 Å². The van der Waals surface area contributed by atoms with E-state index < -0.39 is 5.91 Å². The standard InChI is InChI=1S/C9H19N3O2/c1-6(2)11-5-9(14)12-7(3)4-8(10)13/h6-7,11H,4-5H2,1-3H3,(H2,10,13)(H,12,14). The highest BCUT2D eigenvalue weighted by atomic mass is 16.2. The van der Waals surface area contributed by atoms with Gasteiger partial charge in [-0.05, 0) is 6.92 Å². The predicted octanol–water partition coefficient (Wildman–Crippen LogP) is -0.635. The molecule has 82 valence electrons. The van der Waals surface area contributed by atoms with Crippen molar-refractivity contribution >= 4 is 11.8 Å². The van der Waals surface area contributed by atoms with Gasteiger partial charge in [0.25, 0.3) is 0 Å². The van der Waals surface area contributed by atoms with E-state index in [1.807, 2.05) is 13.8 Å². The molecular formula is C9H19N3O2. The molecule has 0 heterocycles. The number of nitrogens with two attached hydrogens (primary N) is 1. The molecule has 5 nitrogen and oxygen atoms in total. The maximum absolute atomic E-state index is 11.2. The van der Waals surface area contributed by atoms with Gasteiger partial charge in [0.2, 0.25) is 11.8 Å². The Morgan fingerprint density at radius 3 is 2.29 bits per heavy atom. The van der Waals surface area contributed by atoms with E-state index in [9.17, 15) is 9.59 Å². The highest BCUT2D eigenvalue weighted by Crippen LogP contribution is 1.88. The molecule has 1 unspecified atom stereocenters. The van der Waals surface area contributed by atoms with Crippen molar-refractivity contribution in [2.75, 3.05) is 6.54 Å². The van der Waals surface area contributed by atoms with Gasteiger partial charge in [0.1, 0.15) is 0 Å². The summed E-state index contributed by atoms with van der Waals surface area (Å²) in [6.07, 6.45) is 0.174. The predicted molar refractivity (Wildman–Crippen MR) is 54.6 cm³/mol. The monoisotopic (exact) mass is 201 g/mol. The van der Waals surface area contributed by atoms with Gasteiger partial charge < -0.3 is 16.4 Å². The zero-order chi connectivity index (χ0) is 11.1. The molecule has 0 aliphatic heterocycles. The minimum atomic E-state index is -0.408. The Hall–Kier alpha value is -1.10. The average molecular weight is 201 g/mol. The fourth-order valence-corrected chi connectivity index (χ4v) is 0.975. The van der Waals surface area contributed by atoms with Crippen LogP contribution in [-0.4, -0.2) is 30.4 Å². The zero-order valence-corrected chi connectivity index (χ0v) is 8.96. The summed E-state index contributed by atoms with van der Waals surface area (Å²) in [6, 6.07) is 0.0705. The van der Waals surface area contributed by atoms with Gasteiger partial charge in [-0.3, -0.25) is 9.59 Å². The second kappa shape index (κ2) is 6.37. The second-order valence-corrected chi connectivity index (χ2v) is 3.67. The van der Waals surface area contributed by atoms with Crippen molar-refractivity contribution < 1.29 is 9.59 Å². The number of primary amides is 1. The highest BCUT2D eigenvalue weighted by Gasteiger charge is 2.09. The Kier molecular flexibility index (Phi) is 5.87. The molecule has 14 heavy (non-hydrogen) atoms. The zero-order valence-electron chi connectivity index (χ0n) is 8.96. The molecule has 1 atom stereocenters. The number of rotatable bonds is 6. The van der Waals surface area contributed by atoms with Gasteiger partial charge in [0.05, 0.1) is 6.54 Å². The summed E-state index contributed by atoms with van der Waals surface area (Å²) < 4.78 is 0. The fourth-order valence-electron chi connectivity index (χ4n) is 0.975. The van der Waals surface area contributed by atoms with E-state index in [0.717, 1.165) is 0 Å². The Morgan fingerprint density at radius 1 is 1.29 bits per heavy atom. The number of carbonyl (C=O) groups is 2. The SMILES string of the molecule is CC(C)NCC(=O)NC(C)CC(N)=O. The van der Waals surface area contributed by atoms with E-state index in [4.69, 9.17) is 5.73 Å². The van der Waals surface area contributed by atoms with Crippen molar-refractivity contribution in [2.45, 2.75) is 39.3 Å². The molecule has 0 spiro atoms. The first kappa shape index (κ1) is 12.9. The number of amides is 2. The van der Waals surface area contributed by atoms with Crippen LogP contribution < -0.4 is 16.4 Å². The lowest BCUT2D eigenvalue weighted by molar-refractivity contribution is -0.121. The van der Waals surface area contributed by atoms with Crippen molar-refractivity contribution in [1.82, 2.24) is 10.6 Å². The van der Waals surface area contributed by atoms with Crippen LogP contribution in [0.4, 0.5) is 0 Å². The smallest absolute Gasteiger partial charge is 0.234 e. The van der Waals surface area contributed by atoms with Crippen LogP contribution in [0.5, 0.6) is 0 Å². The summed E-state index contributed by atoms with van der Waals surface area (Å²) >= 11 is 0. The highest BCUT2D eigenvalue weighted by molar-refractivity contribution is 5.80. The summed E-state index contributed by atoms with van der Waals surface area (Å²) in [6.45, 7) is 5.93. The molecule has 0 aromatic rings. The van der Waals surface area contributed by atoms with Crippen LogP contribution in [0, 0.1) is 0 Å². The molecule has 0 bridgehead atoms. The molecule has 0 aromatic carbocycles. The first-order valence-corrected chi connectivity index (χ1v) is 4.73. The average Bonchev–Trinajstić information content (AvgIpc) is 1.98. The first-order chi connectivity index (χ1) is 6.41. The van der Waals surface area contributed by atoms with Crippen LogP contribution in [0.25, 0.3) is 0 Å². The number of hydrogen-bond acceptors (Lipinski definition) is 3. The van der Waals surface area contributed by atoms with Gasteiger partial charge in [-0.25, -0.2) is 0 Å². The Morgan fingerprint density at radius 2 is 1.86 bits per heavy atom. The van der Waals surface area contributed by atoms with Crippen LogP contribution in [0.1, 0.15) is 27.2 Å². The number of hydrogen-bond donors (Lipinski definition) is 3. The minimum absolute atomic E-state index is 0.118. The van der Waals surface area contributed by atoms with Gasteiger partial charge in [0.15, 0.2) is 0 Å². The van der Waals surface area contributed by atoms with E-state index in [1.165, 1.54) is 0 Å². The lowest BCUT2D eigenvalue weighted by Crippen LogP contribution is -2.42. The third-order valence-corrected chi connectivity index (χ3v) is 1.59. The van der Waals surface area contributed by atoms with E-state index in [-0.39, 0.29) is 31.0 Å².